The first kappa shape index (κ1) is 15.4. The van der Waals surface area contributed by atoms with E-state index in [4.69, 9.17) is 0 Å². The Balaban J connectivity index is 2.02. The third kappa shape index (κ3) is 3.56. The number of sulfonamides is 1. The molecule has 1 heterocycles. The van der Waals surface area contributed by atoms with E-state index in [0.29, 0.717) is 6.04 Å². The van der Waals surface area contributed by atoms with Crippen LogP contribution in [0.2, 0.25) is 0 Å². The van der Waals surface area contributed by atoms with Gasteiger partial charge in [-0.05, 0) is 51.9 Å². The van der Waals surface area contributed by atoms with Crippen LogP contribution in [0.1, 0.15) is 26.7 Å². The van der Waals surface area contributed by atoms with Gasteiger partial charge in [0.15, 0.2) is 0 Å². The normalized spacial score (nSPS) is 18.6. The lowest BCUT2D eigenvalue weighted by Gasteiger charge is -2.34. The van der Waals surface area contributed by atoms with Gasteiger partial charge in [-0.1, -0.05) is 12.1 Å². The fourth-order valence-corrected chi connectivity index (χ4v) is 3.86. The second-order valence-electron chi connectivity index (χ2n) is 5.46. The van der Waals surface area contributed by atoms with E-state index in [1.165, 1.54) is 18.2 Å². The van der Waals surface area contributed by atoms with Crippen molar-refractivity contribution >= 4 is 10.0 Å². The number of likely N-dealkylation sites (tertiary alicyclic amines) is 1. The molecule has 0 radical (unpaired) electrons. The predicted octanol–water partition coefficient (Wildman–Crippen LogP) is 1.98. The van der Waals surface area contributed by atoms with Crippen LogP contribution >= 0.6 is 0 Å². The molecule has 1 aromatic rings. The van der Waals surface area contributed by atoms with Crippen LogP contribution in [-0.4, -0.2) is 38.5 Å². The monoisotopic (exact) mass is 300 g/mol. The summed E-state index contributed by atoms with van der Waals surface area (Å²) in [6.45, 7) is 5.98. The van der Waals surface area contributed by atoms with Gasteiger partial charge in [-0.25, -0.2) is 17.5 Å². The number of hydrogen-bond donors (Lipinski definition) is 1. The maximum atomic E-state index is 13.6. The van der Waals surface area contributed by atoms with Crippen LogP contribution in [0.4, 0.5) is 4.39 Å². The molecular formula is C14H21FN2O2S. The van der Waals surface area contributed by atoms with Gasteiger partial charge in [-0.2, -0.15) is 0 Å². The average Bonchev–Trinajstić information content (AvgIpc) is 2.39. The Morgan fingerprint density at radius 2 is 1.85 bits per heavy atom. The average molecular weight is 300 g/mol. The summed E-state index contributed by atoms with van der Waals surface area (Å²) < 4.78 is 40.5. The molecule has 1 aliphatic heterocycles. The van der Waals surface area contributed by atoms with E-state index < -0.39 is 15.8 Å². The number of piperidine rings is 1. The Labute approximate surface area is 120 Å². The van der Waals surface area contributed by atoms with E-state index >= 15 is 0 Å². The van der Waals surface area contributed by atoms with Crippen LogP contribution in [0.15, 0.2) is 29.2 Å². The van der Waals surface area contributed by atoms with E-state index in [1.807, 2.05) is 0 Å². The minimum absolute atomic E-state index is 0.116. The van der Waals surface area contributed by atoms with Gasteiger partial charge >= 0.3 is 0 Å². The van der Waals surface area contributed by atoms with Crippen LogP contribution < -0.4 is 4.72 Å². The topological polar surface area (TPSA) is 49.4 Å². The highest BCUT2D eigenvalue weighted by Gasteiger charge is 2.26. The second kappa shape index (κ2) is 6.20. The lowest BCUT2D eigenvalue weighted by Crippen LogP contribution is -2.46. The Morgan fingerprint density at radius 3 is 2.40 bits per heavy atom. The number of benzene rings is 1. The zero-order valence-electron chi connectivity index (χ0n) is 11.8. The quantitative estimate of drug-likeness (QED) is 0.925. The fraction of sp³-hybridized carbons (Fsp3) is 0.571. The zero-order chi connectivity index (χ0) is 14.8. The molecule has 0 amide bonds. The molecule has 0 aromatic heterocycles. The highest BCUT2D eigenvalue weighted by atomic mass is 32.2. The molecule has 1 N–H and O–H groups in total. The van der Waals surface area contributed by atoms with Gasteiger partial charge in [0.25, 0.3) is 0 Å². The van der Waals surface area contributed by atoms with E-state index in [9.17, 15) is 12.8 Å². The van der Waals surface area contributed by atoms with Crippen molar-refractivity contribution in [3.63, 3.8) is 0 Å². The molecule has 0 atom stereocenters. The van der Waals surface area contributed by atoms with Crippen molar-refractivity contribution in [1.82, 2.24) is 9.62 Å². The molecule has 112 valence electrons. The molecule has 1 aromatic carbocycles. The van der Waals surface area contributed by atoms with Crippen molar-refractivity contribution in [3.8, 4) is 0 Å². The van der Waals surface area contributed by atoms with Crippen molar-refractivity contribution in [1.29, 1.82) is 0 Å². The Morgan fingerprint density at radius 1 is 1.25 bits per heavy atom. The fourth-order valence-electron chi connectivity index (χ4n) is 2.48. The summed E-state index contributed by atoms with van der Waals surface area (Å²) in [5, 5.41) is 0. The lowest BCUT2D eigenvalue weighted by molar-refractivity contribution is 0.168. The van der Waals surface area contributed by atoms with Crippen molar-refractivity contribution in [2.45, 2.75) is 43.7 Å². The van der Waals surface area contributed by atoms with Gasteiger partial charge in [0.1, 0.15) is 10.7 Å². The minimum Gasteiger partial charge on any atom is -0.301 e. The second-order valence-corrected chi connectivity index (χ2v) is 7.14. The molecule has 1 aliphatic rings. The third-order valence-electron chi connectivity index (χ3n) is 3.71. The molecule has 0 bridgehead atoms. The standard InChI is InChI=1S/C14H21FN2O2S/c1-11(2)17-9-7-12(8-10-17)16-20(18,19)14-6-4-3-5-13(14)15/h3-6,11-12,16H,7-10H2,1-2H3. The van der Waals surface area contributed by atoms with E-state index in [0.717, 1.165) is 32.0 Å². The van der Waals surface area contributed by atoms with Crippen LogP contribution in [0.5, 0.6) is 0 Å². The molecular weight excluding hydrogens is 279 g/mol. The molecule has 1 saturated heterocycles. The smallest absolute Gasteiger partial charge is 0.243 e. The first-order chi connectivity index (χ1) is 9.40. The maximum absolute atomic E-state index is 13.6. The molecule has 0 aliphatic carbocycles. The van der Waals surface area contributed by atoms with Crippen molar-refractivity contribution in [2.75, 3.05) is 13.1 Å². The summed E-state index contributed by atoms with van der Waals surface area (Å²) in [7, 11) is -3.77. The summed E-state index contributed by atoms with van der Waals surface area (Å²) in [4.78, 5) is 2.04. The maximum Gasteiger partial charge on any atom is 0.243 e. The largest absolute Gasteiger partial charge is 0.301 e. The lowest BCUT2D eigenvalue weighted by atomic mass is 10.1. The van der Waals surface area contributed by atoms with Gasteiger partial charge < -0.3 is 4.90 Å². The van der Waals surface area contributed by atoms with Crippen LogP contribution in [0.3, 0.4) is 0 Å². The number of hydrogen-bond acceptors (Lipinski definition) is 3. The van der Waals surface area contributed by atoms with Crippen LogP contribution in [-0.2, 0) is 10.0 Å². The molecule has 0 unspecified atom stereocenters. The Hall–Kier alpha value is -0.980. The van der Waals surface area contributed by atoms with Gasteiger partial charge in [0.2, 0.25) is 10.0 Å². The van der Waals surface area contributed by atoms with E-state index in [2.05, 4.69) is 23.5 Å². The Bertz CT molecular complexity index is 552. The number of nitrogens with one attached hydrogen (secondary N) is 1. The number of halogens is 1. The molecule has 2 rings (SSSR count). The van der Waals surface area contributed by atoms with E-state index in [-0.39, 0.29) is 10.9 Å². The molecule has 20 heavy (non-hydrogen) atoms. The third-order valence-corrected chi connectivity index (χ3v) is 5.26. The molecule has 1 fully saturated rings. The predicted molar refractivity (Wildman–Crippen MR) is 76.5 cm³/mol. The highest BCUT2D eigenvalue weighted by Crippen LogP contribution is 2.18. The first-order valence-electron chi connectivity index (χ1n) is 6.91. The van der Waals surface area contributed by atoms with E-state index in [1.54, 1.807) is 0 Å². The number of rotatable bonds is 4. The van der Waals surface area contributed by atoms with Crippen molar-refractivity contribution in [3.05, 3.63) is 30.1 Å². The van der Waals surface area contributed by atoms with Gasteiger partial charge in [0.05, 0.1) is 0 Å². The number of nitrogens with zero attached hydrogens (tertiary/aromatic N) is 1. The van der Waals surface area contributed by atoms with Gasteiger partial charge in [-0.15, -0.1) is 0 Å². The summed E-state index contributed by atoms with van der Waals surface area (Å²) in [6.07, 6.45) is 1.51. The van der Waals surface area contributed by atoms with Crippen LogP contribution in [0, 0.1) is 5.82 Å². The highest BCUT2D eigenvalue weighted by molar-refractivity contribution is 7.89. The molecule has 0 saturated carbocycles. The van der Waals surface area contributed by atoms with Gasteiger partial charge in [-0.3, -0.25) is 0 Å². The summed E-state index contributed by atoms with van der Waals surface area (Å²) in [5.74, 6) is -0.709. The molecule has 6 heteroatoms. The van der Waals surface area contributed by atoms with Crippen molar-refractivity contribution < 1.29 is 12.8 Å². The minimum atomic E-state index is -3.77. The SMILES string of the molecule is CC(C)N1CCC(NS(=O)(=O)c2ccccc2F)CC1. The first-order valence-corrected chi connectivity index (χ1v) is 8.39. The van der Waals surface area contributed by atoms with Crippen LogP contribution in [0.25, 0.3) is 0 Å². The Kier molecular flexibility index (Phi) is 4.78. The molecule has 0 spiro atoms. The summed E-state index contributed by atoms with van der Waals surface area (Å²) in [5.41, 5.74) is 0. The summed E-state index contributed by atoms with van der Waals surface area (Å²) >= 11 is 0. The molecule has 4 nitrogen and oxygen atoms in total. The van der Waals surface area contributed by atoms with Gasteiger partial charge in [0, 0.05) is 12.1 Å². The zero-order valence-corrected chi connectivity index (χ0v) is 12.7. The summed E-state index contributed by atoms with van der Waals surface area (Å²) in [6, 6.07) is 5.82. The van der Waals surface area contributed by atoms with Crippen molar-refractivity contribution in [2.24, 2.45) is 0 Å².